The Bertz CT molecular complexity index is 411. The van der Waals surface area contributed by atoms with Gasteiger partial charge < -0.3 is 19.7 Å². The standard InChI is InChI=1S/C11H12O5/c1-3-4-16-9-6-7(11(13)14)5-8(12)10(9)15-2/h3,5-6,12H,1,4H2,2H3,(H,13,14). The number of ether oxygens (including phenoxy) is 2. The molecule has 0 atom stereocenters. The number of methoxy groups -OCH3 is 1. The van der Waals surface area contributed by atoms with Crippen LogP contribution in [0.15, 0.2) is 24.8 Å². The van der Waals surface area contributed by atoms with Crippen LogP contribution in [0, 0.1) is 0 Å². The van der Waals surface area contributed by atoms with E-state index >= 15 is 0 Å². The van der Waals surface area contributed by atoms with Gasteiger partial charge >= 0.3 is 5.97 Å². The molecule has 0 aliphatic rings. The highest BCUT2D eigenvalue weighted by atomic mass is 16.5. The van der Waals surface area contributed by atoms with Gasteiger partial charge in [-0.2, -0.15) is 0 Å². The quantitative estimate of drug-likeness (QED) is 0.744. The number of carbonyl (C=O) groups is 1. The largest absolute Gasteiger partial charge is 0.504 e. The highest BCUT2D eigenvalue weighted by Gasteiger charge is 2.15. The first-order valence-electron chi connectivity index (χ1n) is 4.48. The molecule has 0 radical (unpaired) electrons. The fourth-order valence-corrected chi connectivity index (χ4v) is 1.17. The van der Waals surface area contributed by atoms with Crippen molar-refractivity contribution in [2.75, 3.05) is 13.7 Å². The van der Waals surface area contributed by atoms with Crippen LogP contribution in [-0.4, -0.2) is 29.9 Å². The lowest BCUT2D eigenvalue weighted by atomic mass is 10.2. The van der Waals surface area contributed by atoms with E-state index in [0.29, 0.717) is 0 Å². The number of carboxylic acid groups (broad SMARTS) is 1. The molecule has 2 N–H and O–H groups in total. The SMILES string of the molecule is C=CCOc1cc(C(=O)O)cc(O)c1OC. The van der Waals surface area contributed by atoms with Gasteiger partial charge in [-0.05, 0) is 12.1 Å². The molecule has 0 fully saturated rings. The second-order valence-electron chi connectivity index (χ2n) is 2.93. The molecular formula is C11H12O5. The molecular weight excluding hydrogens is 212 g/mol. The van der Waals surface area contributed by atoms with Crippen molar-refractivity contribution in [2.45, 2.75) is 0 Å². The van der Waals surface area contributed by atoms with Crippen molar-refractivity contribution in [1.82, 2.24) is 0 Å². The summed E-state index contributed by atoms with van der Waals surface area (Å²) in [5, 5.41) is 18.3. The van der Waals surface area contributed by atoms with E-state index in [9.17, 15) is 9.90 Å². The maximum Gasteiger partial charge on any atom is 0.335 e. The minimum absolute atomic E-state index is 0.0719. The highest BCUT2D eigenvalue weighted by molar-refractivity contribution is 5.89. The summed E-state index contributed by atoms with van der Waals surface area (Å²) in [5.41, 5.74) is -0.0719. The number of benzene rings is 1. The van der Waals surface area contributed by atoms with Crippen LogP contribution in [-0.2, 0) is 0 Å². The van der Waals surface area contributed by atoms with Crippen molar-refractivity contribution in [2.24, 2.45) is 0 Å². The van der Waals surface area contributed by atoms with Crippen LogP contribution >= 0.6 is 0 Å². The summed E-state index contributed by atoms with van der Waals surface area (Å²) in [6.07, 6.45) is 1.50. The first-order valence-corrected chi connectivity index (χ1v) is 4.48. The van der Waals surface area contributed by atoms with Crippen LogP contribution in [0.2, 0.25) is 0 Å². The van der Waals surface area contributed by atoms with Gasteiger partial charge in [0.25, 0.3) is 0 Å². The Morgan fingerprint density at radius 3 is 2.75 bits per heavy atom. The summed E-state index contributed by atoms with van der Waals surface area (Å²) in [5.74, 6) is -1.16. The fraction of sp³-hybridized carbons (Fsp3) is 0.182. The van der Waals surface area contributed by atoms with E-state index in [0.717, 1.165) is 6.07 Å². The summed E-state index contributed by atoms with van der Waals surface area (Å²) in [6.45, 7) is 3.66. The van der Waals surface area contributed by atoms with Gasteiger partial charge in [-0.1, -0.05) is 12.7 Å². The van der Waals surface area contributed by atoms with Crippen molar-refractivity contribution in [3.63, 3.8) is 0 Å². The van der Waals surface area contributed by atoms with E-state index < -0.39 is 5.97 Å². The third kappa shape index (κ3) is 2.44. The molecule has 0 amide bonds. The molecule has 0 aromatic heterocycles. The topological polar surface area (TPSA) is 76.0 Å². The molecule has 0 bridgehead atoms. The number of aromatic carboxylic acids is 1. The lowest BCUT2D eigenvalue weighted by Gasteiger charge is -2.11. The Labute approximate surface area is 92.5 Å². The zero-order valence-corrected chi connectivity index (χ0v) is 8.77. The number of rotatable bonds is 5. The molecule has 5 heteroatoms. The van der Waals surface area contributed by atoms with E-state index in [1.165, 1.54) is 19.3 Å². The van der Waals surface area contributed by atoms with Crippen LogP contribution in [0.5, 0.6) is 17.2 Å². The smallest absolute Gasteiger partial charge is 0.335 e. The van der Waals surface area contributed by atoms with Crippen LogP contribution in [0.3, 0.4) is 0 Å². The van der Waals surface area contributed by atoms with Gasteiger partial charge in [-0.3, -0.25) is 0 Å². The lowest BCUT2D eigenvalue weighted by Crippen LogP contribution is -2.01. The van der Waals surface area contributed by atoms with E-state index in [1.54, 1.807) is 0 Å². The normalized spacial score (nSPS) is 9.56. The number of aromatic hydroxyl groups is 1. The summed E-state index contributed by atoms with van der Waals surface area (Å²) < 4.78 is 10.1. The van der Waals surface area contributed by atoms with Crippen LogP contribution in [0.25, 0.3) is 0 Å². The van der Waals surface area contributed by atoms with E-state index in [4.69, 9.17) is 14.6 Å². The minimum atomic E-state index is -1.15. The molecule has 0 aliphatic carbocycles. The van der Waals surface area contributed by atoms with Crippen LogP contribution in [0.4, 0.5) is 0 Å². The monoisotopic (exact) mass is 224 g/mol. The van der Waals surface area contributed by atoms with Gasteiger partial charge in [0.15, 0.2) is 11.5 Å². The molecule has 86 valence electrons. The highest BCUT2D eigenvalue weighted by Crippen LogP contribution is 2.37. The number of carboxylic acids is 1. The molecule has 0 heterocycles. The van der Waals surface area contributed by atoms with Crippen molar-refractivity contribution in [3.8, 4) is 17.2 Å². The zero-order chi connectivity index (χ0) is 12.1. The van der Waals surface area contributed by atoms with Gasteiger partial charge in [0, 0.05) is 0 Å². The second kappa shape index (κ2) is 5.06. The molecule has 1 aromatic rings. The third-order valence-corrected chi connectivity index (χ3v) is 1.84. The Morgan fingerprint density at radius 2 is 2.25 bits per heavy atom. The molecule has 1 aromatic carbocycles. The number of phenols is 1. The summed E-state index contributed by atoms with van der Waals surface area (Å²) in [7, 11) is 1.36. The average Bonchev–Trinajstić information content (AvgIpc) is 2.25. The summed E-state index contributed by atoms with van der Waals surface area (Å²) in [4.78, 5) is 10.8. The maximum absolute atomic E-state index is 10.8. The predicted molar refractivity (Wildman–Crippen MR) is 57.3 cm³/mol. The van der Waals surface area contributed by atoms with Crippen molar-refractivity contribution in [1.29, 1.82) is 0 Å². The van der Waals surface area contributed by atoms with Gasteiger partial charge in [0.1, 0.15) is 6.61 Å². The average molecular weight is 224 g/mol. The lowest BCUT2D eigenvalue weighted by molar-refractivity contribution is 0.0696. The third-order valence-electron chi connectivity index (χ3n) is 1.84. The number of phenolic OH excluding ortho intramolecular Hbond substituents is 1. The molecule has 0 unspecified atom stereocenters. The van der Waals surface area contributed by atoms with E-state index in [-0.39, 0.29) is 29.4 Å². The van der Waals surface area contributed by atoms with E-state index in [1.807, 2.05) is 0 Å². The first-order chi connectivity index (χ1) is 7.60. The summed E-state index contributed by atoms with van der Waals surface area (Å²) >= 11 is 0. The number of hydrogen-bond acceptors (Lipinski definition) is 4. The van der Waals surface area contributed by atoms with Crippen molar-refractivity contribution >= 4 is 5.97 Å². The minimum Gasteiger partial charge on any atom is -0.504 e. The molecule has 0 saturated carbocycles. The first kappa shape index (κ1) is 11.9. The number of hydrogen-bond donors (Lipinski definition) is 2. The Balaban J connectivity index is 3.19. The maximum atomic E-state index is 10.8. The zero-order valence-electron chi connectivity index (χ0n) is 8.77. The Hall–Kier alpha value is -2.17. The van der Waals surface area contributed by atoms with Crippen molar-refractivity contribution < 1.29 is 24.5 Å². The Morgan fingerprint density at radius 1 is 1.56 bits per heavy atom. The predicted octanol–water partition coefficient (Wildman–Crippen LogP) is 1.66. The van der Waals surface area contributed by atoms with Gasteiger partial charge in [0.2, 0.25) is 5.75 Å². The van der Waals surface area contributed by atoms with E-state index in [2.05, 4.69) is 6.58 Å². The van der Waals surface area contributed by atoms with Gasteiger partial charge in [-0.15, -0.1) is 0 Å². The summed E-state index contributed by atoms with van der Waals surface area (Å²) in [6, 6.07) is 2.38. The molecule has 16 heavy (non-hydrogen) atoms. The molecule has 0 aliphatic heterocycles. The second-order valence-corrected chi connectivity index (χ2v) is 2.93. The van der Waals surface area contributed by atoms with Gasteiger partial charge in [-0.25, -0.2) is 4.79 Å². The Kier molecular flexibility index (Phi) is 3.77. The molecule has 5 nitrogen and oxygen atoms in total. The van der Waals surface area contributed by atoms with Crippen LogP contribution in [0.1, 0.15) is 10.4 Å². The van der Waals surface area contributed by atoms with Crippen LogP contribution < -0.4 is 9.47 Å². The molecule has 1 rings (SSSR count). The van der Waals surface area contributed by atoms with Gasteiger partial charge in [0.05, 0.1) is 12.7 Å². The fourth-order valence-electron chi connectivity index (χ4n) is 1.17. The van der Waals surface area contributed by atoms with Crippen molar-refractivity contribution in [3.05, 3.63) is 30.4 Å². The molecule has 0 saturated heterocycles. The molecule has 0 spiro atoms.